The third-order valence-corrected chi connectivity index (χ3v) is 7.73. The summed E-state index contributed by atoms with van der Waals surface area (Å²) in [6.45, 7) is 7.63. The van der Waals surface area contributed by atoms with Crippen molar-refractivity contribution in [1.82, 2.24) is 20.5 Å². The molecular weight excluding hydrogens is 430 g/mol. The largest absolute Gasteiger partial charge is 0.496 e. The molecule has 1 unspecified atom stereocenters. The normalized spacial score (nSPS) is 24.4. The van der Waals surface area contributed by atoms with E-state index in [4.69, 9.17) is 4.74 Å². The Bertz CT molecular complexity index is 1020. The van der Waals surface area contributed by atoms with Crippen LogP contribution in [-0.4, -0.2) is 60.5 Å². The van der Waals surface area contributed by atoms with E-state index in [1.54, 1.807) is 19.3 Å². The molecule has 2 amide bonds. The molecule has 0 aromatic carbocycles. The smallest absolute Gasteiger partial charge is 0.270 e. The van der Waals surface area contributed by atoms with E-state index in [0.717, 1.165) is 43.5 Å². The van der Waals surface area contributed by atoms with Gasteiger partial charge in [0.15, 0.2) is 0 Å². The summed E-state index contributed by atoms with van der Waals surface area (Å²) in [4.78, 5) is 30.8. The summed E-state index contributed by atoms with van der Waals surface area (Å²) < 4.78 is 5.47. The molecule has 8 nitrogen and oxygen atoms in total. The molecule has 1 spiro atoms. The van der Waals surface area contributed by atoms with Crippen molar-refractivity contribution in [3.05, 3.63) is 41.7 Å². The Balaban J connectivity index is 1.47. The number of aromatic nitrogens is 1. The minimum atomic E-state index is -0.406. The van der Waals surface area contributed by atoms with Crippen LogP contribution in [0.3, 0.4) is 0 Å². The molecular formula is C26H35N5O3. The molecule has 3 atom stereocenters. The van der Waals surface area contributed by atoms with E-state index in [0.29, 0.717) is 31.0 Å². The zero-order valence-corrected chi connectivity index (χ0v) is 20.2. The number of likely N-dealkylation sites (tertiary alicyclic amines) is 1. The number of hydrogen-bond acceptors (Lipinski definition) is 5. The van der Waals surface area contributed by atoms with Gasteiger partial charge in [0.2, 0.25) is 5.91 Å². The summed E-state index contributed by atoms with van der Waals surface area (Å²) >= 11 is 0. The van der Waals surface area contributed by atoms with Gasteiger partial charge in [0.25, 0.3) is 5.91 Å². The number of nitriles is 1. The van der Waals surface area contributed by atoms with E-state index >= 15 is 0 Å². The van der Waals surface area contributed by atoms with Crippen LogP contribution in [0.2, 0.25) is 0 Å². The molecule has 8 heteroatoms. The molecule has 0 radical (unpaired) electrons. The highest BCUT2D eigenvalue weighted by molar-refractivity contribution is 5.94. The number of ether oxygens (including phenoxy) is 1. The van der Waals surface area contributed by atoms with E-state index in [2.05, 4.69) is 28.3 Å². The second kappa shape index (κ2) is 10.1. The first-order valence-electron chi connectivity index (χ1n) is 12.2. The number of nitrogens with one attached hydrogen (secondary N) is 3. The van der Waals surface area contributed by atoms with Crippen molar-refractivity contribution in [3.63, 3.8) is 0 Å². The van der Waals surface area contributed by atoms with Gasteiger partial charge < -0.3 is 19.9 Å². The van der Waals surface area contributed by atoms with Crippen LogP contribution in [0.1, 0.15) is 60.3 Å². The molecule has 0 bridgehead atoms. The number of aryl methyl sites for hydroxylation is 1. The van der Waals surface area contributed by atoms with Crippen LogP contribution in [0.5, 0.6) is 0 Å². The fraction of sp³-hybridized carbons (Fsp3) is 0.577. The second-order valence-electron chi connectivity index (χ2n) is 9.94. The summed E-state index contributed by atoms with van der Waals surface area (Å²) in [5.74, 6) is 0.552. The third-order valence-electron chi connectivity index (χ3n) is 7.73. The number of H-pyrrole nitrogens is 1. The highest BCUT2D eigenvalue weighted by atomic mass is 16.5. The number of carbonyl (C=O) groups excluding carboxylic acids is 2. The van der Waals surface area contributed by atoms with Gasteiger partial charge in [-0.1, -0.05) is 19.1 Å². The minimum absolute atomic E-state index is 0.0127. The maximum absolute atomic E-state index is 13.6. The van der Waals surface area contributed by atoms with E-state index in [-0.39, 0.29) is 29.2 Å². The summed E-state index contributed by atoms with van der Waals surface area (Å²) in [6, 6.07) is 3.77. The molecule has 1 aromatic heterocycles. The molecule has 3 aliphatic rings. The quantitative estimate of drug-likeness (QED) is 0.384. The molecule has 182 valence electrons. The number of nitrogens with zero attached hydrogens (tertiary/aromatic N) is 2. The van der Waals surface area contributed by atoms with Gasteiger partial charge >= 0.3 is 0 Å². The Morgan fingerprint density at radius 1 is 1.50 bits per heavy atom. The predicted molar refractivity (Wildman–Crippen MR) is 130 cm³/mol. The number of hydrogen-bond donors (Lipinski definition) is 3. The van der Waals surface area contributed by atoms with Crippen molar-refractivity contribution >= 4 is 17.6 Å². The van der Waals surface area contributed by atoms with E-state index in [1.165, 1.54) is 6.42 Å². The van der Waals surface area contributed by atoms with Crippen LogP contribution in [0, 0.1) is 29.6 Å². The molecule has 3 heterocycles. The van der Waals surface area contributed by atoms with Gasteiger partial charge in [-0.05, 0) is 56.6 Å². The van der Waals surface area contributed by atoms with Gasteiger partial charge in [0.1, 0.15) is 11.5 Å². The van der Waals surface area contributed by atoms with Crippen LogP contribution in [-0.2, 0) is 9.53 Å². The number of rotatable bonds is 9. The summed E-state index contributed by atoms with van der Waals surface area (Å²) in [7, 11) is 1.60. The average Bonchev–Trinajstić information content (AvgIpc) is 3.51. The maximum atomic E-state index is 13.6. The predicted octanol–water partition coefficient (Wildman–Crippen LogP) is 2.89. The fourth-order valence-corrected chi connectivity index (χ4v) is 5.70. The highest BCUT2D eigenvalue weighted by Gasteiger charge is 2.49. The lowest BCUT2D eigenvalue weighted by Crippen LogP contribution is -2.45. The SMILES string of the molecule is C=C/C=C(/OC)c1cc(C(=O)N2CC3(CCC3)CC2CN[C@H](C#N)C[C@@H]2CCNC2=O)[nH]c1C. The van der Waals surface area contributed by atoms with E-state index in [9.17, 15) is 14.9 Å². The Hall–Kier alpha value is -3.05. The first kappa shape index (κ1) is 24.1. The summed E-state index contributed by atoms with van der Waals surface area (Å²) in [5, 5.41) is 15.9. The molecule has 1 aliphatic carbocycles. The zero-order chi connectivity index (χ0) is 24.3. The molecule has 2 aliphatic heterocycles. The van der Waals surface area contributed by atoms with Gasteiger partial charge in [0.05, 0.1) is 19.2 Å². The third kappa shape index (κ3) is 4.76. The van der Waals surface area contributed by atoms with Crippen molar-refractivity contribution in [3.8, 4) is 6.07 Å². The van der Waals surface area contributed by atoms with Crippen molar-refractivity contribution < 1.29 is 14.3 Å². The monoisotopic (exact) mass is 465 g/mol. The van der Waals surface area contributed by atoms with Crippen LogP contribution in [0.25, 0.3) is 5.76 Å². The standard InChI is InChI=1S/C26H35N5O3/c1-4-6-23(34-3)21-12-22(30-17(21)2)25(33)31-16-26(8-5-9-26)13-20(31)15-29-19(14-27)11-18-7-10-28-24(18)32/h4,6,12,18-20,29-30H,1,5,7-11,13,15-16H2,2-3H3,(H,28,32)/b23-6+/t18-,19-,20?/m0/s1. The first-order chi connectivity index (χ1) is 16.4. The fourth-order valence-electron chi connectivity index (χ4n) is 5.70. The van der Waals surface area contributed by atoms with E-state index < -0.39 is 6.04 Å². The first-order valence-corrected chi connectivity index (χ1v) is 12.2. The molecule has 1 saturated carbocycles. The summed E-state index contributed by atoms with van der Waals surface area (Å²) in [5.41, 5.74) is 2.45. The van der Waals surface area contributed by atoms with Gasteiger partial charge in [-0.15, -0.1) is 0 Å². The topological polar surface area (TPSA) is 110 Å². The highest BCUT2D eigenvalue weighted by Crippen LogP contribution is 2.50. The Kier molecular flexibility index (Phi) is 7.13. The lowest BCUT2D eigenvalue weighted by molar-refractivity contribution is -0.122. The molecule has 3 fully saturated rings. The second-order valence-corrected chi connectivity index (χ2v) is 9.94. The van der Waals surface area contributed by atoms with Crippen LogP contribution < -0.4 is 10.6 Å². The zero-order valence-electron chi connectivity index (χ0n) is 20.2. The van der Waals surface area contributed by atoms with Crippen molar-refractivity contribution in [1.29, 1.82) is 5.26 Å². The molecule has 3 N–H and O–H groups in total. The molecule has 2 saturated heterocycles. The molecule has 34 heavy (non-hydrogen) atoms. The van der Waals surface area contributed by atoms with Crippen LogP contribution in [0.15, 0.2) is 24.8 Å². The van der Waals surface area contributed by atoms with Gasteiger partial charge in [-0.2, -0.15) is 5.26 Å². The number of methoxy groups -OCH3 is 1. The number of amides is 2. The van der Waals surface area contributed by atoms with Crippen LogP contribution >= 0.6 is 0 Å². The van der Waals surface area contributed by atoms with Gasteiger partial charge in [-0.25, -0.2) is 0 Å². The number of carbonyl (C=O) groups is 2. The van der Waals surface area contributed by atoms with Gasteiger partial charge in [-0.3, -0.25) is 14.9 Å². The minimum Gasteiger partial charge on any atom is -0.496 e. The Morgan fingerprint density at radius 3 is 2.88 bits per heavy atom. The summed E-state index contributed by atoms with van der Waals surface area (Å²) in [6.07, 6.45) is 9.15. The van der Waals surface area contributed by atoms with Crippen molar-refractivity contribution in [2.24, 2.45) is 11.3 Å². The van der Waals surface area contributed by atoms with Crippen molar-refractivity contribution in [2.45, 2.75) is 57.5 Å². The lowest BCUT2D eigenvalue weighted by Gasteiger charge is -2.37. The number of aromatic amines is 1. The average molecular weight is 466 g/mol. The molecule has 4 rings (SSSR count). The Morgan fingerprint density at radius 2 is 2.29 bits per heavy atom. The lowest BCUT2D eigenvalue weighted by atomic mass is 9.67. The molecule has 1 aromatic rings. The van der Waals surface area contributed by atoms with E-state index in [1.807, 2.05) is 17.9 Å². The number of allylic oxidation sites excluding steroid dienone is 2. The Labute approximate surface area is 201 Å². The van der Waals surface area contributed by atoms with Crippen LogP contribution in [0.4, 0.5) is 0 Å². The maximum Gasteiger partial charge on any atom is 0.270 e. The van der Waals surface area contributed by atoms with Gasteiger partial charge in [0, 0.05) is 42.9 Å². The van der Waals surface area contributed by atoms with Crippen molar-refractivity contribution in [2.75, 3.05) is 26.7 Å².